The Balaban J connectivity index is 2.05. The van der Waals surface area contributed by atoms with Gasteiger partial charge in [-0.25, -0.2) is 0 Å². The van der Waals surface area contributed by atoms with Gasteiger partial charge in [0.05, 0.1) is 4.91 Å². The Morgan fingerprint density at radius 3 is 2.60 bits per heavy atom. The highest BCUT2D eigenvalue weighted by molar-refractivity contribution is 8.18. The maximum Gasteiger partial charge on any atom is 0.266 e. The number of amides is 1. The molecule has 1 fully saturated rings. The highest BCUT2D eigenvalue weighted by atomic mass is 32.2. The highest BCUT2D eigenvalue weighted by Gasteiger charge is 2.35. The monoisotopic (exact) mass is 357 g/mol. The molecule has 0 saturated carbocycles. The largest absolute Gasteiger partial charge is 0.369 e. The molecule has 0 N–H and O–H groups in total. The predicted octanol–water partition coefficient (Wildman–Crippen LogP) is 4.25. The zero-order valence-electron chi connectivity index (χ0n) is 16.2. The van der Waals surface area contributed by atoms with Crippen molar-refractivity contribution in [2.24, 2.45) is 4.99 Å². The number of aryl methyl sites for hydroxylation is 1. The summed E-state index contributed by atoms with van der Waals surface area (Å²) in [6, 6.07) is 4.53. The zero-order valence-corrected chi connectivity index (χ0v) is 17.0. The van der Waals surface area contributed by atoms with E-state index in [2.05, 4.69) is 56.8 Å². The Labute approximate surface area is 155 Å². The minimum Gasteiger partial charge on any atom is -0.369 e. The summed E-state index contributed by atoms with van der Waals surface area (Å²) in [6.45, 7) is 9.01. The SMILES string of the molecule is CN=C1S/C(=C\c2cc3c(cc2C)N(C)C(C)(C)C[C@@H]3C)C(=O)N1C. The molecule has 1 aromatic rings. The van der Waals surface area contributed by atoms with Gasteiger partial charge >= 0.3 is 0 Å². The third-order valence-electron chi connectivity index (χ3n) is 5.50. The lowest BCUT2D eigenvalue weighted by Gasteiger charge is -2.45. The Morgan fingerprint density at radius 2 is 2.00 bits per heavy atom. The van der Waals surface area contributed by atoms with Crippen molar-refractivity contribution in [2.45, 2.75) is 45.6 Å². The van der Waals surface area contributed by atoms with Gasteiger partial charge in [-0.3, -0.25) is 14.7 Å². The van der Waals surface area contributed by atoms with Crippen LogP contribution in [0, 0.1) is 6.92 Å². The first-order valence-electron chi connectivity index (χ1n) is 8.68. The van der Waals surface area contributed by atoms with Crippen LogP contribution < -0.4 is 4.90 Å². The second kappa shape index (κ2) is 6.20. The smallest absolute Gasteiger partial charge is 0.266 e. The number of carbonyl (C=O) groups excluding carboxylic acids is 1. The van der Waals surface area contributed by atoms with Crippen LogP contribution in [0.3, 0.4) is 0 Å². The van der Waals surface area contributed by atoms with Crippen LogP contribution in [0.4, 0.5) is 5.69 Å². The van der Waals surface area contributed by atoms with E-state index in [0.29, 0.717) is 5.92 Å². The predicted molar refractivity (Wildman–Crippen MR) is 108 cm³/mol. The average Bonchev–Trinajstić information content (AvgIpc) is 2.81. The van der Waals surface area contributed by atoms with E-state index in [1.165, 1.54) is 28.6 Å². The lowest BCUT2D eigenvalue weighted by Crippen LogP contribution is -2.45. The molecule has 0 spiro atoms. The van der Waals surface area contributed by atoms with E-state index in [0.717, 1.165) is 22.1 Å². The molecule has 1 aromatic carbocycles. The number of carbonyl (C=O) groups is 1. The number of benzene rings is 1. The first kappa shape index (κ1) is 18.1. The molecule has 2 aliphatic heterocycles. The summed E-state index contributed by atoms with van der Waals surface area (Å²) in [6.07, 6.45) is 3.14. The van der Waals surface area contributed by atoms with Gasteiger partial charge in [-0.1, -0.05) is 6.92 Å². The standard InChI is InChI=1S/C20H27N3OS/c1-12-8-16-15(13(2)11-20(3,4)23(16)7)9-14(12)10-17-18(24)22(6)19(21-5)25-17/h8-10,13H,11H2,1-7H3/b17-10-,21-19?/t13-/m0/s1. The van der Waals surface area contributed by atoms with E-state index in [9.17, 15) is 4.79 Å². The van der Waals surface area contributed by atoms with E-state index in [1.54, 1.807) is 19.0 Å². The minimum absolute atomic E-state index is 0.0222. The fourth-order valence-electron chi connectivity index (χ4n) is 3.78. The van der Waals surface area contributed by atoms with Crippen LogP contribution >= 0.6 is 11.8 Å². The van der Waals surface area contributed by atoms with Crippen LogP contribution in [-0.4, -0.2) is 42.7 Å². The number of anilines is 1. The van der Waals surface area contributed by atoms with Gasteiger partial charge in [0.15, 0.2) is 5.17 Å². The summed E-state index contributed by atoms with van der Waals surface area (Å²) < 4.78 is 0. The fraction of sp³-hybridized carbons (Fsp3) is 0.500. The molecule has 2 aliphatic rings. The van der Waals surface area contributed by atoms with Gasteiger partial charge in [0.25, 0.3) is 5.91 Å². The van der Waals surface area contributed by atoms with Crippen molar-refractivity contribution in [1.29, 1.82) is 0 Å². The molecule has 1 amide bonds. The third kappa shape index (κ3) is 2.99. The number of rotatable bonds is 1. The van der Waals surface area contributed by atoms with E-state index in [-0.39, 0.29) is 11.4 Å². The number of nitrogens with zero attached hydrogens (tertiary/aromatic N) is 3. The fourth-order valence-corrected chi connectivity index (χ4v) is 4.70. The second-order valence-electron chi connectivity index (χ2n) is 7.73. The van der Waals surface area contributed by atoms with Crippen molar-refractivity contribution in [3.05, 3.63) is 33.7 Å². The Bertz CT molecular complexity index is 794. The average molecular weight is 358 g/mol. The van der Waals surface area contributed by atoms with Crippen molar-refractivity contribution in [3.63, 3.8) is 0 Å². The molecule has 25 heavy (non-hydrogen) atoms. The normalized spacial score (nSPS) is 25.9. The molecular weight excluding hydrogens is 330 g/mol. The first-order valence-corrected chi connectivity index (χ1v) is 9.50. The molecule has 0 radical (unpaired) electrons. The van der Waals surface area contributed by atoms with Gasteiger partial charge in [0.1, 0.15) is 0 Å². The van der Waals surface area contributed by atoms with Gasteiger partial charge in [0, 0.05) is 32.4 Å². The van der Waals surface area contributed by atoms with E-state index < -0.39 is 0 Å². The number of thioether (sulfide) groups is 1. The van der Waals surface area contributed by atoms with Crippen molar-refractivity contribution in [3.8, 4) is 0 Å². The minimum atomic E-state index is 0.0222. The van der Waals surface area contributed by atoms with Crippen molar-refractivity contribution in [2.75, 3.05) is 26.0 Å². The van der Waals surface area contributed by atoms with Crippen LogP contribution in [0.5, 0.6) is 0 Å². The van der Waals surface area contributed by atoms with Crippen LogP contribution in [0.25, 0.3) is 6.08 Å². The Kier molecular flexibility index (Phi) is 4.48. The summed E-state index contributed by atoms with van der Waals surface area (Å²) in [4.78, 5) is 21.3. The topological polar surface area (TPSA) is 35.9 Å². The number of amidine groups is 1. The number of likely N-dealkylation sites (N-methyl/N-ethyl adjacent to an activating group) is 1. The van der Waals surface area contributed by atoms with E-state index in [1.807, 2.05) is 6.08 Å². The first-order chi connectivity index (χ1) is 11.7. The molecular formula is C20H27N3OS. The van der Waals surface area contributed by atoms with Gasteiger partial charge in [-0.2, -0.15) is 0 Å². The molecule has 1 atom stereocenters. The molecule has 0 unspecified atom stereocenters. The maximum atomic E-state index is 12.4. The lowest BCUT2D eigenvalue weighted by molar-refractivity contribution is -0.121. The van der Waals surface area contributed by atoms with Crippen molar-refractivity contribution >= 4 is 34.6 Å². The molecule has 0 bridgehead atoms. The molecule has 5 heteroatoms. The molecule has 0 aliphatic carbocycles. The summed E-state index contributed by atoms with van der Waals surface area (Å²) in [7, 11) is 5.67. The molecule has 0 aromatic heterocycles. The van der Waals surface area contributed by atoms with E-state index in [4.69, 9.17) is 0 Å². The molecule has 1 saturated heterocycles. The zero-order chi connectivity index (χ0) is 18.5. The second-order valence-corrected chi connectivity index (χ2v) is 8.73. The number of hydrogen-bond acceptors (Lipinski definition) is 4. The summed E-state index contributed by atoms with van der Waals surface area (Å²) in [5, 5.41) is 0.752. The van der Waals surface area contributed by atoms with Gasteiger partial charge in [0.2, 0.25) is 0 Å². The maximum absolute atomic E-state index is 12.4. The summed E-state index contributed by atoms with van der Waals surface area (Å²) in [5.74, 6) is 0.523. The van der Waals surface area contributed by atoms with Gasteiger partial charge in [-0.05, 0) is 79.8 Å². The quantitative estimate of drug-likeness (QED) is 0.705. The molecule has 4 nitrogen and oxygen atoms in total. The van der Waals surface area contributed by atoms with Gasteiger partial charge < -0.3 is 4.90 Å². The molecule has 3 rings (SSSR count). The van der Waals surface area contributed by atoms with Gasteiger partial charge in [-0.15, -0.1) is 0 Å². The van der Waals surface area contributed by atoms with E-state index >= 15 is 0 Å². The van der Waals surface area contributed by atoms with Crippen LogP contribution in [0.15, 0.2) is 22.0 Å². The van der Waals surface area contributed by atoms with Crippen LogP contribution in [0.2, 0.25) is 0 Å². The Hall–Kier alpha value is -1.75. The number of fused-ring (bicyclic) bond motifs is 1. The summed E-state index contributed by atoms with van der Waals surface area (Å²) >= 11 is 1.45. The Morgan fingerprint density at radius 1 is 1.32 bits per heavy atom. The van der Waals surface area contributed by atoms with Crippen molar-refractivity contribution in [1.82, 2.24) is 4.90 Å². The highest BCUT2D eigenvalue weighted by Crippen LogP contribution is 2.44. The molecule has 2 heterocycles. The number of aliphatic imine (C=N–C) groups is 1. The van der Waals surface area contributed by atoms with Crippen LogP contribution in [0.1, 0.15) is 49.8 Å². The third-order valence-corrected chi connectivity index (χ3v) is 6.65. The summed E-state index contributed by atoms with van der Waals surface area (Å²) in [5.41, 5.74) is 5.15. The lowest BCUT2D eigenvalue weighted by atomic mass is 9.79. The molecule has 134 valence electrons. The van der Waals surface area contributed by atoms with Crippen LogP contribution in [-0.2, 0) is 4.79 Å². The van der Waals surface area contributed by atoms with Crippen molar-refractivity contribution < 1.29 is 4.79 Å². The number of hydrogen-bond donors (Lipinski definition) is 0.